The van der Waals surface area contributed by atoms with Crippen LogP contribution in [0.5, 0.6) is 0 Å². The molecular formula is C8H18N2O2. The van der Waals surface area contributed by atoms with Crippen LogP contribution < -0.4 is 11.1 Å². The van der Waals surface area contributed by atoms with Gasteiger partial charge in [0.05, 0.1) is 5.54 Å². The van der Waals surface area contributed by atoms with Gasteiger partial charge in [-0.05, 0) is 19.9 Å². The van der Waals surface area contributed by atoms with Crippen molar-refractivity contribution in [1.29, 1.82) is 0 Å². The van der Waals surface area contributed by atoms with Crippen LogP contribution in [0.2, 0.25) is 0 Å². The SMILES string of the molecule is CCNC(C)(CCOC)C(N)=O. The van der Waals surface area contributed by atoms with Crippen LogP contribution in [0.25, 0.3) is 0 Å². The second kappa shape index (κ2) is 5.11. The Hall–Kier alpha value is -0.610. The molecule has 0 aliphatic rings. The fourth-order valence-electron chi connectivity index (χ4n) is 0.995. The van der Waals surface area contributed by atoms with Crippen LogP contribution in [0, 0.1) is 0 Å². The summed E-state index contributed by atoms with van der Waals surface area (Å²) >= 11 is 0. The fourth-order valence-corrected chi connectivity index (χ4v) is 0.995. The first-order valence-corrected chi connectivity index (χ1v) is 4.10. The molecule has 1 unspecified atom stereocenters. The van der Waals surface area contributed by atoms with E-state index in [2.05, 4.69) is 5.32 Å². The van der Waals surface area contributed by atoms with Gasteiger partial charge in [0.1, 0.15) is 0 Å². The zero-order valence-corrected chi connectivity index (χ0v) is 8.02. The van der Waals surface area contributed by atoms with Crippen molar-refractivity contribution in [3.8, 4) is 0 Å². The number of carbonyl (C=O) groups is 1. The van der Waals surface area contributed by atoms with Crippen molar-refractivity contribution >= 4 is 5.91 Å². The maximum atomic E-state index is 11.0. The van der Waals surface area contributed by atoms with E-state index in [1.54, 1.807) is 14.0 Å². The monoisotopic (exact) mass is 174 g/mol. The quantitative estimate of drug-likeness (QED) is 0.590. The van der Waals surface area contributed by atoms with Crippen LogP contribution in [0.3, 0.4) is 0 Å². The first-order chi connectivity index (χ1) is 5.56. The minimum absolute atomic E-state index is 0.332. The van der Waals surface area contributed by atoms with Crippen molar-refractivity contribution in [3.05, 3.63) is 0 Å². The standard InChI is InChI=1S/C8H18N2O2/c1-4-10-8(2,7(9)11)5-6-12-3/h10H,4-6H2,1-3H3,(H2,9,11). The fraction of sp³-hybridized carbons (Fsp3) is 0.875. The van der Waals surface area contributed by atoms with Crippen LogP contribution >= 0.6 is 0 Å². The highest BCUT2D eigenvalue weighted by Crippen LogP contribution is 2.08. The average Bonchev–Trinajstić information content (AvgIpc) is 2.01. The molecule has 0 bridgehead atoms. The van der Waals surface area contributed by atoms with Gasteiger partial charge in [0.15, 0.2) is 0 Å². The van der Waals surface area contributed by atoms with Gasteiger partial charge in [-0.3, -0.25) is 4.79 Å². The Labute approximate surface area is 73.5 Å². The molecule has 4 heteroatoms. The molecule has 0 aromatic rings. The van der Waals surface area contributed by atoms with Crippen LogP contribution in [0.4, 0.5) is 0 Å². The van der Waals surface area contributed by atoms with Gasteiger partial charge in [-0.25, -0.2) is 0 Å². The zero-order chi connectivity index (χ0) is 9.61. The van der Waals surface area contributed by atoms with Crippen molar-refractivity contribution in [1.82, 2.24) is 5.32 Å². The van der Waals surface area contributed by atoms with E-state index < -0.39 is 5.54 Å². The van der Waals surface area contributed by atoms with Crippen LogP contribution in [0.15, 0.2) is 0 Å². The predicted octanol–water partition coefficient (Wildman–Crippen LogP) is -0.124. The molecule has 0 heterocycles. The molecule has 0 aromatic carbocycles. The summed E-state index contributed by atoms with van der Waals surface area (Å²) in [5.41, 5.74) is 4.61. The van der Waals surface area contributed by atoms with Crippen LogP contribution in [0.1, 0.15) is 20.3 Å². The van der Waals surface area contributed by atoms with Crippen LogP contribution in [-0.4, -0.2) is 31.7 Å². The highest BCUT2D eigenvalue weighted by atomic mass is 16.5. The summed E-state index contributed by atoms with van der Waals surface area (Å²) in [6, 6.07) is 0. The number of likely N-dealkylation sites (N-methyl/N-ethyl adjacent to an activating group) is 1. The summed E-state index contributed by atoms with van der Waals surface area (Å²) < 4.78 is 4.89. The number of hydrogen-bond donors (Lipinski definition) is 2. The highest BCUT2D eigenvalue weighted by Gasteiger charge is 2.28. The minimum atomic E-state index is -0.634. The van der Waals surface area contributed by atoms with Crippen molar-refractivity contribution < 1.29 is 9.53 Å². The maximum Gasteiger partial charge on any atom is 0.237 e. The Kier molecular flexibility index (Phi) is 4.85. The molecule has 72 valence electrons. The molecule has 12 heavy (non-hydrogen) atoms. The molecule has 1 atom stereocenters. The molecule has 0 saturated carbocycles. The van der Waals surface area contributed by atoms with Crippen molar-refractivity contribution in [2.45, 2.75) is 25.8 Å². The largest absolute Gasteiger partial charge is 0.385 e. The molecule has 0 aliphatic carbocycles. The summed E-state index contributed by atoms with van der Waals surface area (Å²) in [4.78, 5) is 11.0. The number of carbonyl (C=O) groups excluding carboxylic acids is 1. The van der Waals surface area contributed by atoms with E-state index in [9.17, 15) is 4.79 Å². The van der Waals surface area contributed by atoms with Crippen molar-refractivity contribution in [2.75, 3.05) is 20.3 Å². The number of rotatable bonds is 6. The summed E-state index contributed by atoms with van der Waals surface area (Å²) in [6.45, 7) is 4.99. The molecule has 3 N–H and O–H groups in total. The number of hydrogen-bond acceptors (Lipinski definition) is 3. The number of methoxy groups -OCH3 is 1. The van der Waals surface area contributed by atoms with Gasteiger partial charge in [0, 0.05) is 13.7 Å². The molecule has 0 radical (unpaired) electrons. The van der Waals surface area contributed by atoms with Gasteiger partial charge < -0.3 is 15.8 Å². The Balaban J connectivity index is 4.08. The Bertz CT molecular complexity index is 150. The first-order valence-electron chi connectivity index (χ1n) is 4.10. The van der Waals surface area contributed by atoms with Gasteiger partial charge in [-0.1, -0.05) is 6.92 Å². The normalized spacial score (nSPS) is 15.6. The number of nitrogens with two attached hydrogens (primary N) is 1. The summed E-state index contributed by atoms with van der Waals surface area (Å²) in [5.74, 6) is -0.332. The molecule has 1 amide bonds. The second-order valence-electron chi connectivity index (χ2n) is 2.97. The van der Waals surface area contributed by atoms with E-state index in [1.165, 1.54) is 0 Å². The molecule has 0 aromatic heterocycles. The van der Waals surface area contributed by atoms with E-state index in [4.69, 9.17) is 10.5 Å². The van der Waals surface area contributed by atoms with Gasteiger partial charge in [0.2, 0.25) is 5.91 Å². The average molecular weight is 174 g/mol. The van der Waals surface area contributed by atoms with E-state index in [1.807, 2.05) is 6.92 Å². The van der Waals surface area contributed by atoms with E-state index >= 15 is 0 Å². The Morgan fingerprint density at radius 1 is 1.67 bits per heavy atom. The summed E-state index contributed by atoms with van der Waals surface area (Å²) in [5, 5.41) is 3.04. The van der Waals surface area contributed by atoms with Gasteiger partial charge in [0.25, 0.3) is 0 Å². The lowest BCUT2D eigenvalue weighted by molar-refractivity contribution is -0.124. The third-order valence-electron chi connectivity index (χ3n) is 1.92. The maximum absolute atomic E-state index is 11.0. The third-order valence-corrected chi connectivity index (χ3v) is 1.92. The lowest BCUT2D eigenvalue weighted by Crippen LogP contribution is -2.53. The molecule has 0 rings (SSSR count). The zero-order valence-electron chi connectivity index (χ0n) is 8.02. The van der Waals surface area contributed by atoms with E-state index in [0.717, 1.165) is 6.54 Å². The summed E-state index contributed by atoms with van der Waals surface area (Å²) in [6.07, 6.45) is 0.604. The highest BCUT2D eigenvalue weighted by molar-refractivity contribution is 5.84. The number of amides is 1. The predicted molar refractivity (Wildman–Crippen MR) is 47.8 cm³/mol. The smallest absolute Gasteiger partial charge is 0.237 e. The molecule has 0 spiro atoms. The molecule has 0 fully saturated rings. The van der Waals surface area contributed by atoms with E-state index in [0.29, 0.717) is 13.0 Å². The molecule has 0 aliphatic heterocycles. The molecular weight excluding hydrogens is 156 g/mol. The number of primary amides is 1. The van der Waals surface area contributed by atoms with Crippen LogP contribution in [-0.2, 0) is 9.53 Å². The topological polar surface area (TPSA) is 64.3 Å². The number of nitrogens with one attached hydrogen (secondary N) is 1. The van der Waals surface area contributed by atoms with Gasteiger partial charge in [-0.15, -0.1) is 0 Å². The molecule has 0 saturated heterocycles. The van der Waals surface area contributed by atoms with Gasteiger partial charge in [-0.2, -0.15) is 0 Å². The lowest BCUT2D eigenvalue weighted by atomic mass is 9.97. The van der Waals surface area contributed by atoms with Gasteiger partial charge >= 0.3 is 0 Å². The lowest BCUT2D eigenvalue weighted by Gasteiger charge is -2.26. The van der Waals surface area contributed by atoms with Crippen molar-refractivity contribution in [2.24, 2.45) is 5.73 Å². The minimum Gasteiger partial charge on any atom is -0.385 e. The molecule has 4 nitrogen and oxygen atoms in total. The van der Waals surface area contributed by atoms with E-state index in [-0.39, 0.29) is 5.91 Å². The van der Waals surface area contributed by atoms with Crippen molar-refractivity contribution in [3.63, 3.8) is 0 Å². The Morgan fingerprint density at radius 2 is 2.25 bits per heavy atom. The first kappa shape index (κ1) is 11.4. The number of ether oxygens (including phenoxy) is 1. The summed E-state index contributed by atoms with van der Waals surface area (Å²) in [7, 11) is 1.60. The Morgan fingerprint density at radius 3 is 2.58 bits per heavy atom. The second-order valence-corrected chi connectivity index (χ2v) is 2.97. The third kappa shape index (κ3) is 3.19.